The van der Waals surface area contributed by atoms with Crippen molar-refractivity contribution in [1.82, 2.24) is 4.90 Å². The van der Waals surface area contributed by atoms with Crippen molar-refractivity contribution in [2.45, 2.75) is 52.5 Å². The van der Waals surface area contributed by atoms with Crippen LogP contribution in [0.25, 0.3) is 0 Å². The van der Waals surface area contributed by atoms with Crippen molar-refractivity contribution in [3.63, 3.8) is 0 Å². The van der Waals surface area contributed by atoms with Crippen LogP contribution in [0.5, 0.6) is 0 Å². The molecule has 0 spiro atoms. The highest BCUT2D eigenvalue weighted by Gasteiger charge is 2.35. The van der Waals surface area contributed by atoms with Crippen LogP contribution in [0.4, 0.5) is 0 Å². The number of likely N-dealkylation sites (tertiary alicyclic amines) is 1. The van der Waals surface area contributed by atoms with Gasteiger partial charge in [0.25, 0.3) is 0 Å². The highest BCUT2D eigenvalue weighted by atomic mass is 16.2. The highest BCUT2D eigenvalue weighted by Crippen LogP contribution is 2.32. The van der Waals surface area contributed by atoms with Gasteiger partial charge in [0.1, 0.15) is 0 Å². The normalized spacial score (nSPS) is 41.8. The second kappa shape index (κ2) is 5.60. The summed E-state index contributed by atoms with van der Waals surface area (Å²) in [6.45, 7) is 8.67. The molecule has 5 atom stereocenters. The lowest BCUT2D eigenvalue weighted by atomic mass is 9.77. The number of nitrogens with two attached hydrogens (primary N) is 1. The molecule has 18 heavy (non-hydrogen) atoms. The summed E-state index contributed by atoms with van der Waals surface area (Å²) in [6.07, 6.45) is 4.17. The summed E-state index contributed by atoms with van der Waals surface area (Å²) in [7, 11) is 0. The van der Waals surface area contributed by atoms with Crippen molar-refractivity contribution in [3.05, 3.63) is 0 Å². The fourth-order valence-electron chi connectivity index (χ4n) is 3.50. The summed E-state index contributed by atoms with van der Waals surface area (Å²) in [5.41, 5.74) is 5.98. The van der Waals surface area contributed by atoms with Gasteiger partial charge in [-0.15, -0.1) is 0 Å². The van der Waals surface area contributed by atoms with Crippen LogP contribution in [-0.4, -0.2) is 29.9 Å². The molecule has 5 unspecified atom stereocenters. The zero-order chi connectivity index (χ0) is 13.3. The fourth-order valence-corrected chi connectivity index (χ4v) is 3.50. The van der Waals surface area contributed by atoms with E-state index in [9.17, 15) is 4.79 Å². The minimum absolute atomic E-state index is 0.227. The van der Waals surface area contributed by atoms with Gasteiger partial charge in [-0.05, 0) is 43.4 Å². The molecule has 1 aliphatic carbocycles. The SMILES string of the molecule is CC1CCN(C(=O)C2CCC(N)CC2C)CC1C. The molecule has 1 saturated carbocycles. The topological polar surface area (TPSA) is 46.3 Å². The van der Waals surface area contributed by atoms with Crippen molar-refractivity contribution < 1.29 is 4.79 Å². The highest BCUT2D eigenvalue weighted by molar-refractivity contribution is 5.79. The molecule has 3 heteroatoms. The molecular weight excluding hydrogens is 224 g/mol. The van der Waals surface area contributed by atoms with Crippen LogP contribution in [0.15, 0.2) is 0 Å². The van der Waals surface area contributed by atoms with E-state index in [1.807, 2.05) is 0 Å². The Morgan fingerprint density at radius 2 is 1.78 bits per heavy atom. The molecule has 1 saturated heterocycles. The second-order valence-corrected chi connectivity index (χ2v) is 6.68. The Hall–Kier alpha value is -0.570. The van der Waals surface area contributed by atoms with E-state index in [2.05, 4.69) is 25.7 Å². The largest absolute Gasteiger partial charge is 0.342 e. The van der Waals surface area contributed by atoms with E-state index < -0.39 is 0 Å². The molecule has 1 aliphatic heterocycles. The first kappa shape index (κ1) is 13.9. The maximum atomic E-state index is 12.6. The van der Waals surface area contributed by atoms with Crippen LogP contribution >= 0.6 is 0 Å². The van der Waals surface area contributed by atoms with Crippen molar-refractivity contribution in [2.24, 2.45) is 29.4 Å². The Balaban J connectivity index is 1.95. The zero-order valence-electron chi connectivity index (χ0n) is 12.1. The number of carbonyl (C=O) groups excluding carboxylic acids is 1. The third-order valence-corrected chi connectivity index (χ3v) is 5.17. The second-order valence-electron chi connectivity index (χ2n) is 6.68. The number of hydrogen-bond donors (Lipinski definition) is 1. The van der Waals surface area contributed by atoms with E-state index in [0.29, 0.717) is 23.8 Å². The Bertz CT molecular complexity index is 305. The quantitative estimate of drug-likeness (QED) is 0.778. The average Bonchev–Trinajstić information content (AvgIpc) is 2.32. The lowest BCUT2D eigenvalue weighted by Crippen LogP contribution is -2.48. The summed E-state index contributed by atoms with van der Waals surface area (Å²) in [6, 6.07) is 0.310. The van der Waals surface area contributed by atoms with Gasteiger partial charge in [0, 0.05) is 25.0 Å². The number of hydrogen-bond acceptors (Lipinski definition) is 2. The predicted octanol–water partition coefficient (Wildman–Crippen LogP) is 2.25. The Morgan fingerprint density at radius 3 is 2.39 bits per heavy atom. The van der Waals surface area contributed by atoms with Crippen molar-refractivity contribution in [3.8, 4) is 0 Å². The molecule has 3 nitrogen and oxygen atoms in total. The molecule has 1 heterocycles. The van der Waals surface area contributed by atoms with Crippen LogP contribution in [0.3, 0.4) is 0 Å². The van der Waals surface area contributed by atoms with Crippen LogP contribution in [-0.2, 0) is 4.79 Å². The molecule has 0 bridgehead atoms. The minimum atomic E-state index is 0.227. The predicted molar refractivity (Wildman–Crippen MR) is 74.0 cm³/mol. The molecule has 2 N–H and O–H groups in total. The number of amides is 1. The minimum Gasteiger partial charge on any atom is -0.342 e. The van der Waals surface area contributed by atoms with Crippen molar-refractivity contribution in [1.29, 1.82) is 0 Å². The average molecular weight is 252 g/mol. The lowest BCUT2D eigenvalue weighted by molar-refractivity contribution is -0.140. The summed E-state index contributed by atoms with van der Waals surface area (Å²) >= 11 is 0. The lowest BCUT2D eigenvalue weighted by Gasteiger charge is -2.40. The monoisotopic (exact) mass is 252 g/mol. The first-order valence-corrected chi connectivity index (χ1v) is 7.53. The molecule has 2 rings (SSSR count). The Kier molecular flexibility index (Phi) is 4.31. The van der Waals surface area contributed by atoms with Crippen LogP contribution < -0.4 is 5.73 Å². The van der Waals surface area contributed by atoms with Gasteiger partial charge in [-0.25, -0.2) is 0 Å². The summed E-state index contributed by atoms with van der Waals surface area (Å²) in [4.78, 5) is 14.7. The van der Waals surface area contributed by atoms with E-state index in [1.165, 1.54) is 0 Å². The molecule has 2 fully saturated rings. The maximum absolute atomic E-state index is 12.6. The number of piperidine rings is 1. The van der Waals surface area contributed by atoms with Gasteiger partial charge in [-0.3, -0.25) is 4.79 Å². The molecular formula is C15H28N2O. The standard InChI is InChI=1S/C15H28N2O/c1-10-6-7-17(9-12(10)3)15(18)14-5-4-13(16)8-11(14)2/h10-14H,4-9,16H2,1-3H3. The van der Waals surface area contributed by atoms with Gasteiger partial charge in [-0.1, -0.05) is 20.8 Å². The number of carbonyl (C=O) groups is 1. The van der Waals surface area contributed by atoms with E-state index in [1.54, 1.807) is 0 Å². The van der Waals surface area contributed by atoms with Gasteiger partial charge >= 0.3 is 0 Å². The van der Waals surface area contributed by atoms with Gasteiger partial charge in [0.05, 0.1) is 0 Å². The van der Waals surface area contributed by atoms with Gasteiger partial charge in [-0.2, -0.15) is 0 Å². The van der Waals surface area contributed by atoms with Crippen molar-refractivity contribution >= 4 is 5.91 Å². The van der Waals surface area contributed by atoms with Crippen LogP contribution in [0, 0.1) is 23.7 Å². The summed E-state index contributed by atoms with van der Waals surface area (Å²) in [5.74, 6) is 2.48. The fraction of sp³-hybridized carbons (Fsp3) is 0.933. The number of nitrogens with zero attached hydrogens (tertiary/aromatic N) is 1. The molecule has 0 radical (unpaired) electrons. The van der Waals surface area contributed by atoms with Crippen LogP contribution in [0.1, 0.15) is 46.5 Å². The van der Waals surface area contributed by atoms with Crippen LogP contribution in [0.2, 0.25) is 0 Å². The third kappa shape index (κ3) is 2.87. The third-order valence-electron chi connectivity index (χ3n) is 5.17. The van der Waals surface area contributed by atoms with E-state index in [4.69, 9.17) is 5.73 Å². The molecule has 0 aromatic rings. The zero-order valence-corrected chi connectivity index (χ0v) is 12.1. The van der Waals surface area contributed by atoms with Gasteiger partial charge in [0.15, 0.2) is 0 Å². The van der Waals surface area contributed by atoms with Gasteiger partial charge < -0.3 is 10.6 Å². The van der Waals surface area contributed by atoms with E-state index >= 15 is 0 Å². The molecule has 0 aromatic carbocycles. The number of rotatable bonds is 1. The summed E-state index contributed by atoms with van der Waals surface area (Å²) in [5, 5.41) is 0. The molecule has 0 aromatic heterocycles. The molecule has 1 amide bonds. The first-order chi connectivity index (χ1) is 8.49. The summed E-state index contributed by atoms with van der Waals surface area (Å²) < 4.78 is 0. The molecule has 2 aliphatic rings. The smallest absolute Gasteiger partial charge is 0.225 e. The van der Waals surface area contributed by atoms with E-state index in [-0.39, 0.29) is 5.92 Å². The maximum Gasteiger partial charge on any atom is 0.225 e. The Labute approximate surface area is 111 Å². The van der Waals surface area contributed by atoms with Gasteiger partial charge in [0.2, 0.25) is 5.91 Å². The van der Waals surface area contributed by atoms with E-state index in [0.717, 1.165) is 44.7 Å². The molecule has 104 valence electrons. The van der Waals surface area contributed by atoms with Crippen molar-refractivity contribution in [2.75, 3.05) is 13.1 Å². The first-order valence-electron chi connectivity index (χ1n) is 7.53. The Morgan fingerprint density at radius 1 is 1.06 bits per heavy atom.